The van der Waals surface area contributed by atoms with E-state index in [-0.39, 0.29) is 12.3 Å². The van der Waals surface area contributed by atoms with Crippen LogP contribution >= 0.6 is 15.9 Å². The molecular formula is C22H21BrN2O4. The van der Waals surface area contributed by atoms with Crippen LogP contribution in [0.4, 0.5) is 11.4 Å². The van der Waals surface area contributed by atoms with Gasteiger partial charge in [-0.2, -0.15) is 0 Å². The largest absolute Gasteiger partial charge is 0.490 e. The first-order chi connectivity index (χ1) is 14.1. The van der Waals surface area contributed by atoms with Gasteiger partial charge in [0.1, 0.15) is 6.61 Å². The van der Waals surface area contributed by atoms with Gasteiger partial charge in [0.2, 0.25) is 0 Å². The predicted octanol–water partition coefficient (Wildman–Crippen LogP) is 5.95. The summed E-state index contributed by atoms with van der Waals surface area (Å²) in [6, 6.07) is 20.2. The third-order valence-corrected chi connectivity index (χ3v) is 4.76. The molecule has 150 valence electrons. The first kappa shape index (κ1) is 20.7. The van der Waals surface area contributed by atoms with Gasteiger partial charge in [0, 0.05) is 24.4 Å². The molecule has 0 saturated carbocycles. The highest BCUT2D eigenvalue weighted by molar-refractivity contribution is 9.10. The molecule has 29 heavy (non-hydrogen) atoms. The van der Waals surface area contributed by atoms with E-state index >= 15 is 0 Å². The lowest BCUT2D eigenvalue weighted by molar-refractivity contribution is -0.384. The van der Waals surface area contributed by atoms with Gasteiger partial charge >= 0.3 is 0 Å². The zero-order valence-corrected chi connectivity index (χ0v) is 17.5. The van der Waals surface area contributed by atoms with Gasteiger partial charge in [0.05, 0.1) is 16.0 Å². The third-order valence-electron chi connectivity index (χ3n) is 4.17. The lowest BCUT2D eigenvalue weighted by Gasteiger charge is -2.16. The van der Waals surface area contributed by atoms with Gasteiger partial charge < -0.3 is 14.8 Å². The fourth-order valence-corrected chi connectivity index (χ4v) is 3.36. The maximum Gasteiger partial charge on any atom is 0.269 e. The number of hydrogen-bond donors (Lipinski definition) is 1. The molecule has 0 unspecified atom stereocenters. The van der Waals surface area contributed by atoms with Gasteiger partial charge in [-0.15, -0.1) is 0 Å². The van der Waals surface area contributed by atoms with Gasteiger partial charge in [-0.25, -0.2) is 0 Å². The minimum absolute atomic E-state index is 0.0557. The summed E-state index contributed by atoms with van der Waals surface area (Å²) in [5, 5.41) is 14.2. The Morgan fingerprint density at radius 2 is 1.72 bits per heavy atom. The molecule has 7 heteroatoms. The standard InChI is InChI=1S/C22H21BrN2O4/c1-2-28-21-13-17(14-24-18-6-4-3-5-7-18)12-20(23)22(21)29-15-16-8-10-19(11-9-16)25(26)27/h3-13,24H,2,14-15H2,1H3. The van der Waals surface area contributed by atoms with Crippen LogP contribution in [0.25, 0.3) is 0 Å². The molecule has 3 rings (SSSR count). The molecule has 0 spiro atoms. The summed E-state index contributed by atoms with van der Waals surface area (Å²) in [6.45, 7) is 3.35. The number of rotatable bonds is 9. The molecule has 0 saturated heterocycles. The van der Waals surface area contributed by atoms with Crippen molar-refractivity contribution >= 4 is 27.3 Å². The average Bonchev–Trinajstić information content (AvgIpc) is 2.73. The van der Waals surface area contributed by atoms with Crippen molar-refractivity contribution in [2.75, 3.05) is 11.9 Å². The van der Waals surface area contributed by atoms with E-state index in [2.05, 4.69) is 21.2 Å². The number of benzene rings is 3. The SMILES string of the molecule is CCOc1cc(CNc2ccccc2)cc(Br)c1OCc1ccc([N+](=O)[O-])cc1. The first-order valence-corrected chi connectivity index (χ1v) is 9.96. The van der Waals surface area contributed by atoms with Crippen molar-refractivity contribution in [3.8, 4) is 11.5 Å². The smallest absolute Gasteiger partial charge is 0.269 e. The van der Waals surface area contributed by atoms with E-state index in [1.165, 1.54) is 12.1 Å². The number of nitrogens with zero attached hydrogens (tertiary/aromatic N) is 1. The average molecular weight is 457 g/mol. The van der Waals surface area contributed by atoms with Crippen LogP contribution in [-0.4, -0.2) is 11.5 Å². The highest BCUT2D eigenvalue weighted by atomic mass is 79.9. The molecule has 0 fully saturated rings. The number of nitro benzene ring substituents is 1. The van der Waals surface area contributed by atoms with E-state index in [0.717, 1.165) is 21.3 Å². The summed E-state index contributed by atoms with van der Waals surface area (Å²) in [4.78, 5) is 10.4. The lowest BCUT2D eigenvalue weighted by Crippen LogP contribution is -2.04. The number of nitrogens with one attached hydrogen (secondary N) is 1. The van der Waals surface area contributed by atoms with Crippen LogP contribution in [0.3, 0.4) is 0 Å². The number of halogens is 1. The molecule has 0 bridgehead atoms. The van der Waals surface area contributed by atoms with Crippen LogP contribution in [-0.2, 0) is 13.2 Å². The second-order valence-electron chi connectivity index (χ2n) is 6.27. The Bertz CT molecular complexity index is 963. The second-order valence-corrected chi connectivity index (χ2v) is 7.12. The van der Waals surface area contributed by atoms with Gasteiger partial charge in [0.25, 0.3) is 5.69 Å². The lowest BCUT2D eigenvalue weighted by atomic mass is 10.2. The van der Waals surface area contributed by atoms with E-state index in [9.17, 15) is 10.1 Å². The van der Waals surface area contributed by atoms with Crippen LogP contribution in [0.15, 0.2) is 71.2 Å². The van der Waals surface area contributed by atoms with Crippen molar-refractivity contribution in [1.82, 2.24) is 0 Å². The normalized spacial score (nSPS) is 10.4. The Morgan fingerprint density at radius 3 is 2.38 bits per heavy atom. The topological polar surface area (TPSA) is 73.6 Å². The molecule has 3 aromatic rings. The molecular weight excluding hydrogens is 436 g/mol. The Balaban J connectivity index is 1.72. The number of anilines is 1. The van der Waals surface area contributed by atoms with E-state index in [4.69, 9.17) is 9.47 Å². The summed E-state index contributed by atoms with van der Waals surface area (Å²) in [6.07, 6.45) is 0. The predicted molar refractivity (Wildman–Crippen MR) is 117 cm³/mol. The zero-order valence-electron chi connectivity index (χ0n) is 15.9. The van der Waals surface area contributed by atoms with Gasteiger partial charge in [-0.05, 0) is 70.4 Å². The minimum atomic E-state index is -0.420. The fraction of sp³-hybridized carbons (Fsp3) is 0.182. The minimum Gasteiger partial charge on any atom is -0.490 e. The molecule has 6 nitrogen and oxygen atoms in total. The molecule has 0 atom stereocenters. The summed E-state index contributed by atoms with van der Waals surface area (Å²) in [5.41, 5.74) is 2.98. The van der Waals surface area contributed by atoms with Crippen molar-refractivity contribution in [3.63, 3.8) is 0 Å². The summed E-state index contributed by atoms with van der Waals surface area (Å²) >= 11 is 3.58. The fourth-order valence-electron chi connectivity index (χ4n) is 2.76. The summed E-state index contributed by atoms with van der Waals surface area (Å²) in [7, 11) is 0. The van der Waals surface area contributed by atoms with E-state index < -0.39 is 4.92 Å². The van der Waals surface area contributed by atoms with Gasteiger partial charge in [-0.1, -0.05) is 18.2 Å². The van der Waals surface area contributed by atoms with E-state index in [1.54, 1.807) is 12.1 Å². The zero-order chi connectivity index (χ0) is 20.6. The van der Waals surface area contributed by atoms with Crippen molar-refractivity contribution in [3.05, 3.63) is 92.4 Å². The van der Waals surface area contributed by atoms with Crippen LogP contribution in [0, 0.1) is 10.1 Å². The highest BCUT2D eigenvalue weighted by Crippen LogP contribution is 2.37. The van der Waals surface area contributed by atoms with Crippen molar-refractivity contribution in [2.24, 2.45) is 0 Å². The van der Waals surface area contributed by atoms with Crippen molar-refractivity contribution < 1.29 is 14.4 Å². The molecule has 0 aliphatic rings. The van der Waals surface area contributed by atoms with Gasteiger partial charge in [-0.3, -0.25) is 10.1 Å². The molecule has 0 aliphatic carbocycles. The maximum atomic E-state index is 10.8. The first-order valence-electron chi connectivity index (χ1n) is 9.17. The maximum absolute atomic E-state index is 10.8. The van der Waals surface area contributed by atoms with Gasteiger partial charge in [0.15, 0.2) is 11.5 Å². The number of non-ortho nitro benzene ring substituents is 1. The van der Waals surface area contributed by atoms with Crippen molar-refractivity contribution in [1.29, 1.82) is 0 Å². The molecule has 0 aliphatic heterocycles. The molecule has 1 N–H and O–H groups in total. The van der Waals surface area contributed by atoms with E-state index in [0.29, 0.717) is 24.7 Å². The highest BCUT2D eigenvalue weighted by Gasteiger charge is 2.13. The molecule has 0 heterocycles. The number of para-hydroxylation sites is 1. The second kappa shape index (κ2) is 9.93. The third kappa shape index (κ3) is 5.71. The van der Waals surface area contributed by atoms with Crippen LogP contribution in [0.1, 0.15) is 18.1 Å². The Labute approximate surface area is 177 Å². The monoisotopic (exact) mass is 456 g/mol. The van der Waals surface area contributed by atoms with Crippen LogP contribution in [0.2, 0.25) is 0 Å². The molecule has 0 radical (unpaired) electrons. The Kier molecular flexibility index (Phi) is 7.08. The van der Waals surface area contributed by atoms with Crippen LogP contribution in [0.5, 0.6) is 11.5 Å². The number of nitro groups is 1. The summed E-state index contributed by atoms with van der Waals surface area (Å²) in [5.74, 6) is 1.25. The van der Waals surface area contributed by atoms with E-state index in [1.807, 2.05) is 49.4 Å². The Morgan fingerprint density at radius 1 is 1.00 bits per heavy atom. The Hall–Kier alpha value is -3.06. The molecule has 3 aromatic carbocycles. The number of hydrogen-bond acceptors (Lipinski definition) is 5. The quantitative estimate of drug-likeness (QED) is 0.318. The van der Waals surface area contributed by atoms with Crippen LogP contribution < -0.4 is 14.8 Å². The van der Waals surface area contributed by atoms with Crippen molar-refractivity contribution in [2.45, 2.75) is 20.1 Å². The number of ether oxygens (including phenoxy) is 2. The molecule has 0 aromatic heterocycles. The summed E-state index contributed by atoms with van der Waals surface area (Å²) < 4.78 is 12.5. The molecule has 0 amide bonds.